The Kier molecular flexibility index (Phi) is 10.9. The van der Waals surface area contributed by atoms with E-state index in [1.165, 1.54) is 30.7 Å². The summed E-state index contributed by atoms with van der Waals surface area (Å²) >= 11 is 0. The first-order valence-corrected chi connectivity index (χ1v) is 14.6. The van der Waals surface area contributed by atoms with Crippen molar-refractivity contribution in [2.24, 2.45) is 17.4 Å². The Labute approximate surface area is 259 Å². The number of carbonyl (C=O) groups excluding carboxylic acids is 3. The molecule has 2 amide bonds. The van der Waals surface area contributed by atoms with E-state index in [0.717, 1.165) is 0 Å². The molecule has 2 heterocycles. The highest BCUT2D eigenvalue weighted by Crippen LogP contribution is 2.25. The molecule has 0 saturated carbocycles. The number of aliphatic hydroxyl groups excluding tert-OH is 1. The lowest BCUT2D eigenvalue weighted by molar-refractivity contribution is -0.159. The van der Waals surface area contributed by atoms with Crippen molar-refractivity contribution in [1.82, 2.24) is 25.3 Å². The van der Waals surface area contributed by atoms with Gasteiger partial charge in [-0.15, -0.1) is 0 Å². The number of hydrogen-bond donors (Lipinski definition) is 5. The molecule has 12 nitrogen and oxygen atoms in total. The highest BCUT2D eigenvalue weighted by Gasteiger charge is 2.32. The van der Waals surface area contributed by atoms with Crippen molar-refractivity contribution in [3.05, 3.63) is 90.0 Å². The van der Waals surface area contributed by atoms with Crippen LogP contribution in [0.4, 0.5) is 4.39 Å². The quantitative estimate of drug-likeness (QED) is 0.124. The molecule has 13 heteroatoms. The smallest absolute Gasteiger partial charge is 0.323 e. The zero-order valence-electron chi connectivity index (χ0n) is 25.2. The van der Waals surface area contributed by atoms with Crippen LogP contribution in [0.2, 0.25) is 0 Å². The SMILES string of the molecule is CC(C)(CCC(CC(O)C(Cc1cccc(F)c1)NC(=O)c1cnc2ccccc2n1)C(N)=O)OC(=O)C(N)Cc1cnc[nH]1. The molecule has 2 aromatic heterocycles. The minimum Gasteiger partial charge on any atom is -0.459 e. The lowest BCUT2D eigenvalue weighted by Gasteiger charge is -2.30. The number of nitrogens with one attached hydrogen (secondary N) is 2. The molecule has 0 radical (unpaired) electrons. The largest absolute Gasteiger partial charge is 0.459 e. The second-order valence-corrected chi connectivity index (χ2v) is 11.7. The van der Waals surface area contributed by atoms with Gasteiger partial charge in [0, 0.05) is 24.2 Å². The molecule has 0 aliphatic heterocycles. The maximum atomic E-state index is 14.0. The number of rotatable bonds is 15. The van der Waals surface area contributed by atoms with Gasteiger partial charge in [-0.05, 0) is 69.4 Å². The van der Waals surface area contributed by atoms with Gasteiger partial charge in [0.2, 0.25) is 5.91 Å². The van der Waals surface area contributed by atoms with Crippen LogP contribution in [0.5, 0.6) is 0 Å². The molecule has 45 heavy (non-hydrogen) atoms. The van der Waals surface area contributed by atoms with E-state index in [9.17, 15) is 23.9 Å². The highest BCUT2D eigenvalue weighted by atomic mass is 19.1. The van der Waals surface area contributed by atoms with Crippen LogP contribution in [0, 0.1) is 11.7 Å². The van der Waals surface area contributed by atoms with Gasteiger partial charge < -0.3 is 31.6 Å². The van der Waals surface area contributed by atoms with Crippen molar-refractivity contribution in [1.29, 1.82) is 0 Å². The van der Waals surface area contributed by atoms with Gasteiger partial charge >= 0.3 is 5.97 Å². The third kappa shape index (κ3) is 9.62. The maximum Gasteiger partial charge on any atom is 0.323 e. The van der Waals surface area contributed by atoms with Crippen molar-refractivity contribution < 1.29 is 28.6 Å². The number of primary amides is 1. The van der Waals surface area contributed by atoms with Gasteiger partial charge in [0.1, 0.15) is 23.2 Å². The first kappa shape index (κ1) is 33.1. The van der Waals surface area contributed by atoms with E-state index < -0.39 is 53.3 Å². The van der Waals surface area contributed by atoms with Gasteiger partial charge in [-0.3, -0.25) is 19.4 Å². The van der Waals surface area contributed by atoms with Crippen LogP contribution in [0.3, 0.4) is 0 Å². The van der Waals surface area contributed by atoms with Gasteiger partial charge in [-0.2, -0.15) is 0 Å². The van der Waals surface area contributed by atoms with Crippen LogP contribution >= 0.6 is 0 Å². The van der Waals surface area contributed by atoms with E-state index in [1.54, 1.807) is 50.4 Å². The summed E-state index contributed by atoms with van der Waals surface area (Å²) in [6.45, 7) is 3.39. The molecular formula is C32H38FN7O5. The predicted octanol–water partition coefficient (Wildman–Crippen LogP) is 2.36. The number of aliphatic hydroxyl groups is 1. The fourth-order valence-electron chi connectivity index (χ4n) is 4.98. The molecule has 4 rings (SSSR count). The van der Waals surface area contributed by atoms with E-state index in [2.05, 4.69) is 25.3 Å². The number of halogens is 1. The monoisotopic (exact) mass is 619 g/mol. The molecule has 7 N–H and O–H groups in total. The van der Waals surface area contributed by atoms with Gasteiger partial charge in [0.15, 0.2) is 0 Å². The minimum absolute atomic E-state index is 0.0332. The molecular weight excluding hydrogens is 581 g/mol. The Morgan fingerprint density at radius 3 is 2.53 bits per heavy atom. The molecule has 2 aromatic carbocycles. The van der Waals surface area contributed by atoms with E-state index in [0.29, 0.717) is 22.3 Å². The first-order valence-electron chi connectivity index (χ1n) is 14.6. The van der Waals surface area contributed by atoms with E-state index >= 15 is 0 Å². The van der Waals surface area contributed by atoms with E-state index in [4.69, 9.17) is 16.2 Å². The fraction of sp³-hybridized carbons (Fsp3) is 0.375. The Morgan fingerprint density at radius 2 is 1.84 bits per heavy atom. The van der Waals surface area contributed by atoms with Crippen molar-refractivity contribution in [2.75, 3.05) is 0 Å². The lowest BCUT2D eigenvalue weighted by Crippen LogP contribution is -2.47. The lowest BCUT2D eigenvalue weighted by atomic mass is 9.87. The summed E-state index contributed by atoms with van der Waals surface area (Å²) < 4.78 is 19.6. The van der Waals surface area contributed by atoms with Gasteiger partial charge in [0.05, 0.1) is 35.7 Å². The van der Waals surface area contributed by atoms with Crippen LogP contribution in [0.25, 0.3) is 11.0 Å². The highest BCUT2D eigenvalue weighted by molar-refractivity contribution is 5.94. The number of nitrogens with two attached hydrogens (primary N) is 2. The van der Waals surface area contributed by atoms with Crippen molar-refractivity contribution in [3.63, 3.8) is 0 Å². The number of fused-ring (bicyclic) bond motifs is 1. The average molecular weight is 620 g/mol. The number of benzene rings is 2. The summed E-state index contributed by atoms with van der Waals surface area (Å²) in [6.07, 6.45) is 3.73. The number of nitrogens with zero attached hydrogens (tertiary/aromatic N) is 3. The third-order valence-electron chi connectivity index (χ3n) is 7.50. The summed E-state index contributed by atoms with van der Waals surface area (Å²) in [5.74, 6) is -3.17. The number of aromatic nitrogens is 4. The number of para-hydroxylation sites is 2. The summed E-state index contributed by atoms with van der Waals surface area (Å²) in [5.41, 5.74) is 13.1. The number of ether oxygens (including phenoxy) is 1. The number of amides is 2. The second kappa shape index (κ2) is 14.8. The number of imidazole rings is 1. The number of H-pyrrole nitrogens is 1. The van der Waals surface area contributed by atoms with E-state index in [1.807, 2.05) is 0 Å². The summed E-state index contributed by atoms with van der Waals surface area (Å²) in [7, 11) is 0. The van der Waals surface area contributed by atoms with Gasteiger partial charge in [-0.25, -0.2) is 14.4 Å². The van der Waals surface area contributed by atoms with Crippen molar-refractivity contribution in [2.45, 2.75) is 69.7 Å². The van der Waals surface area contributed by atoms with Crippen molar-refractivity contribution in [3.8, 4) is 0 Å². The number of aromatic amines is 1. The molecule has 0 spiro atoms. The molecule has 0 aliphatic rings. The average Bonchev–Trinajstić information content (AvgIpc) is 3.51. The topological polar surface area (TPSA) is 199 Å². The number of hydrogen-bond acceptors (Lipinski definition) is 9. The van der Waals surface area contributed by atoms with Gasteiger partial charge in [0.25, 0.3) is 5.91 Å². The number of esters is 1. The van der Waals surface area contributed by atoms with E-state index in [-0.39, 0.29) is 37.8 Å². The van der Waals surface area contributed by atoms with Crippen molar-refractivity contribution >= 4 is 28.8 Å². The maximum absolute atomic E-state index is 14.0. The molecule has 4 unspecified atom stereocenters. The Balaban J connectivity index is 1.43. The van der Waals surface area contributed by atoms with Crippen LogP contribution in [-0.2, 0) is 27.2 Å². The standard InChI is InChI=1S/C32H38FN7O5/c1-32(2,45-31(44)23(34)15-22-16-36-18-38-22)11-10-20(29(35)42)14-28(41)26(13-19-6-5-7-21(33)12-19)40-30(43)27-17-37-24-8-3-4-9-25(24)39-27/h3-9,12,16-18,20,23,26,28,41H,10-11,13-15,34H2,1-2H3,(H2,35,42)(H,36,38)(H,40,43). The molecule has 4 atom stereocenters. The Morgan fingerprint density at radius 1 is 1.09 bits per heavy atom. The summed E-state index contributed by atoms with van der Waals surface area (Å²) in [4.78, 5) is 53.8. The molecule has 0 fully saturated rings. The molecule has 0 aliphatic carbocycles. The fourth-order valence-corrected chi connectivity index (χ4v) is 4.98. The van der Waals surface area contributed by atoms with Crippen LogP contribution in [0.1, 0.15) is 54.9 Å². The summed E-state index contributed by atoms with van der Waals surface area (Å²) in [6, 6.07) is 11.0. The number of carbonyl (C=O) groups is 3. The predicted molar refractivity (Wildman–Crippen MR) is 164 cm³/mol. The van der Waals surface area contributed by atoms with Crippen LogP contribution in [0.15, 0.2) is 67.3 Å². The molecule has 4 aromatic rings. The molecule has 0 bridgehead atoms. The molecule has 238 valence electrons. The van der Waals surface area contributed by atoms with Crippen LogP contribution < -0.4 is 16.8 Å². The Hall–Kier alpha value is -4.75. The molecule has 0 saturated heterocycles. The normalized spacial score (nSPS) is 14.3. The summed E-state index contributed by atoms with van der Waals surface area (Å²) in [5, 5.41) is 14.1. The minimum atomic E-state index is -1.25. The van der Waals surface area contributed by atoms with Gasteiger partial charge in [-0.1, -0.05) is 24.3 Å². The van der Waals surface area contributed by atoms with Crippen LogP contribution in [-0.4, -0.2) is 66.6 Å². The zero-order chi connectivity index (χ0) is 32.6. The zero-order valence-corrected chi connectivity index (χ0v) is 25.2. The first-order chi connectivity index (χ1) is 21.4. The second-order valence-electron chi connectivity index (χ2n) is 11.7. The third-order valence-corrected chi connectivity index (χ3v) is 7.50. The Bertz CT molecular complexity index is 1610.